The maximum atomic E-state index is 7.72. The second-order valence-electron chi connectivity index (χ2n) is 4.67. The maximum Gasteiger partial charge on any atom is 0.0595 e. The van der Waals surface area contributed by atoms with Crippen LogP contribution < -0.4 is 0 Å². The summed E-state index contributed by atoms with van der Waals surface area (Å²) in [6.07, 6.45) is 3.10. The molecule has 1 N–H and O–H groups in total. The molecular formula is C12H11Cl2N. The third-order valence-electron chi connectivity index (χ3n) is 3.75. The molecule has 3 heteroatoms. The van der Waals surface area contributed by atoms with E-state index in [9.17, 15) is 0 Å². The van der Waals surface area contributed by atoms with E-state index in [1.54, 1.807) is 0 Å². The van der Waals surface area contributed by atoms with Gasteiger partial charge in [-0.05, 0) is 42.9 Å². The summed E-state index contributed by atoms with van der Waals surface area (Å²) in [7, 11) is 0. The molecule has 1 aromatic carbocycles. The lowest BCUT2D eigenvalue weighted by Gasteiger charge is -2.12. The van der Waals surface area contributed by atoms with E-state index in [1.807, 2.05) is 12.1 Å². The Bertz CT molecular complexity index is 455. The van der Waals surface area contributed by atoms with Crippen LogP contribution in [0.5, 0.6) is 0 Å². The van der Waals surface area contributed by atoms with Crippen LogP contribution in [0.15, 0.2) is 18.2 Å². The van der Waals surface area contributed by atoms with E-state index in [-0.39, 0.29) is 5.41 Å². The predicted molar refractivity (Wildman–Crippen MR) is 63.2 cm³/mol. The van der Waals surface area contributed by atoms with Crippen LogP contribution in [-0.2, 0) is 5.41 Å². The Balaban J connectivity index is 2.01. The average molecular weight is 240 g/mol. The standard InChI is InChI=1S/C12H11Cl2N/c13-10-2-1-7(4-11(10)14)12-5-8(12)3-9(15)6-12/h1-2,4,8,15H,3,5-6H2. The van der Waals surface area contributed by atoms with Gasteiger partial charge in [-0.15, -0.1) is 0 Å². The number of nitrogens with one attached hydrogen (secondary N) is 1. The third kappa shape index (κ3) is 1.33. The zero-order valence-electron chi connectivity index (χ0n) is 8.19. The Labute approximate surface area is 98.9 Å². The average Bonchev–Trinajstić information content (AvgIpc) is 2.75. The van der Waals surface area contributed by atoms with Gasteiger partial charge in [-0.3, -0.25) is 0 Å². The summed E-state index contributed by atoms with van der Waals surface area (Å²) < 4.78 is 0. The molecule has 0 heterocycles. The van der Waals surface area contributed by atoms with Gasteiger partial charge in [0.05, 0.1) is 10.0 Å². The number of rotatable bonds is 1. The topological polar surface area (TPSA) is 23.9 Å². The Hall–Kier alpha value is -0.530. The van der Waals surface area contributed by atoms with Crippen molar-refractivity contribution in [2.75, 3.05) is 0 Å². The minimum Gasteiger partial charge on any atom is -0.310 e. The Morgan fingerprint density at radius 1 is 1.27 bits per heavy atom. The highest BCUT2D eigenvalue weighted by Crippen LogP contribution is 2.63. The quantitative estimate of drug-likeness (QED) is 0.765. The lowest BCUT2D eigenvalue weighted by molar-refractivity contribution is 0.697. The first-order valence-corrected chi connectivity index (χ1v) is 5.89. The van der Waals surface area contributed by atoms with Crippen molar-refractivity contribution in [3.8, 4) is 0 Å². The van der Waals surface area contributed by atoms with Crippen LogP contribution in [0.2, 0.25) is 10.0 Å². The van der Waals surface area contributed by atoms with Gasteiger partial charge < -0.3 is 5.41 Å². The smallest absolute Gasteiger partial charge is 0.0595 e. The second-order valence-corrected chi connectivity index (χ2v) is 5.48. The van der Waals surface area contributed by atoms with E-state index in [0.29, 0.717) is 16.0 Å². The third-order valence-corrected chi connectivity index (χ3v) is 4.49. The summed E-state index contributed by atoms with van der Waals surface area (Å²) in [6.45, 7) is 0. The van der Waals surface area contributed by atoms with Crippen LogP contribution in [0.3, 0.4) is 0 Å². The number of benzene rings is 1. The lowest BCUT2D eigenvalue weighted by atomic mass is 9.93. The molecular weight excluding hydrogens is 229 g/mol. The van der Waals surface area contributed by atoms with Gasteiger partial charge in [-0.1, -0.05) is 29.3 Å². The van der Waals surface area contributed by atoms with Crippen LogP contribution in [0.4, 0.5) is 0 Å². The molecule has 2 aliphatic rings. The van der Waals surface area contributed by atoms with Crippen LogP contribution in [0, 0.1) is 11.3 Å². The van der Waals surface area contributed by atoms with Crippen molar-refractivity contribution in [2.24, 2.45) is 5.92 Å². The highest BCUT2D eigenvalue weighted by Gasteiger charge is 2.59. The van der Waals surface area contributed by atoms with Crippen molar-refractivity contribution in [3.63, 3.8) is 0 Å². The molecule has 1 aromatic rings. The highest BCUT2D eigenvalue weighted by molar-refractivity contribution is 6.42. The predicted octanol–water partition coefficient (Wildman–Crippen LogP) is 4.06. The van der Waals surface area contributed by atoms with Crippen molar-refractivity contribution in [3.05, 3.63) is 33.8 Å². The maximum absolute atomic E-state index is 7.72. The molecule has 0 aliphatic heterocycles. The monoisotopic (exact) mass is 239 g/mol. The number of fused-ring (bicyclic) bond motifs is 1. The molecule has 0 amide bonds. The van der Waals surface area contributed by atoms with Crippen molar-refractivity contribution in [2.45, 2.75) is 24.7 Å². The normalized spacial score (nSPS) is 32.9. The fraction of sp³-hybridized carbons (Fsp3) is 0.417. The largest absolute Gasteiger partial charge is 0.310 e. The van der Waals surface area contributed by atoms with Crippen molar-refractivity contribution in [1.29, 1.82) is 5.41 Å². The molecule has 15 heavy (non-hydrogen) atoms. The van der Waals surface area contributed by atoms with Gasteiger partial charge in [0, 0.05) is 11.1 Å². The van der Waals surface area contributed by atoms with Gasteiger partial charge in [-0.25, -0.2) is 0 Å². The molecule has 2 saturated carbocycles. The minimum absolute atomic E-state index is 0.241. The molecule has 78 valence electrons. The second kappa shape index (κ2) is 2.99. The van der Waals surface area contributed by atoms with Gasteiger partial charge in [0.1, 0.15) is 0 Å². The molecule has 2 unspecified atom stereocenters. The molecule has 2 aliphatic carbocycles. The fourth-order valence-corrected chi connectivity index (χ4v) is 3.17. The van der Waals surface area contributed by atoms with E-state index in [0.717, 1.165) is 18.6 Å². The number of halogens is 2. The zero-order chi connectivity index (χ0) is 10.6. The van der Waals surface area contributed by atoms with E-state index in [1.165, 1.54) is 12.0 Å². The Kier molecular flexibility index (Phi) is 1.93. The Morgan fingerprint density at radius 3 is 2.67 bits per heavy atom. The molecule has 0 radical (unpaired) electrons. The lowest BCUT2D eigenvalue weighted by Crippen LogP contribution is -2.07. The molecule has 0 saturated heterocycles. The van der Waals surface area contributed by atoms with Gasteiger partial charge >= 0.3 is 0 Å². The summed E-state index contributed by atoms with van der Waals surface area (Å²) in [5, 5.41) is 8.97. The van der Waals surface area contributed by atoms with Gasteiger partial charge in [0.15, 0.2) is 0 Å². The van der Waals surface area contributed by atoms with E-state index < -0.39 is 0 Å². The minimum atomic E-state index is 0.241. The van der Waals surface area contributed by atoms with E-state index in [2.05, 4.69) is 6.07 Å². The van der Waals surface area contributed by atoms with Crippen LogP contribution >= 0.6 is 23.2 Å². The SMILES string of the molecule is N=C1CC2CC2(c2ccc(Cl)c(Cl)c2)C1. The van der Waals surface area contributed by atoms with Crippen LogP contribution in [0.1, 0.15) is 24.8 Å². The summed E-state index contributed by atoms with van der Waals surface area (Å²) in [6, 6.07) is 5.90. The molecule has 0 bridgehead atoms. The first-order valence-electron chi connectivity index (χ1n) is 5.14. The summed E-state index contributed by atoms with van der Waals surface area (Å²) in [5.41, 5.74) is 2.40. The molecule has 0 spiro atoms. The molecule has 1 nitrogen and oxygen atoms in total. The fourth-order valence-electron chi connectivity index (χ4n) is 2.88. The van der Waals surface area contributed by atoms with Crippen LogP contribution in [0.25, 0.3) is 0 Å². The molecule has 0 aromatic heterocycles. The van der Waals surface area contributed by atoms with Gasteiger partial charge in [0.25, 0.3) is 0 Å². The van der Waals surface area contributed by atoms with E-state index >= 15 is 0 Å². The summed E-state index contributed by atoms with van der Waals surface area (Å²) in [5.74, 6) is 0.683. The summed E-state index contributed by atoms with van der Waals surface area (Å²) in [4.78, 5) is 0. The van der Waals surface area contributed by atoms with Gasteiger partial charge in [-0.2, -0.15) is 0 Å². The Morgan fingerprint density at radius 2 is 2.07 bits per heavy atom. The summed E-state index contributed by atoms with van der Waals surface area (Å²) >= 11 is 11.9. The molecule has 2 atom stereocenters. The van der Waals surface area contributed by atoms with Crippen molar-refractivity contribution >= 4 is 28.9 Å². The first kappa shape index (κ1) is 9.68. The number of hydrogen-bond acceptors (Lipinski definition) is 1. The van der Waals surface area contributed by atoms with Crippen LogP contribution in [-0.4, -0.2) is 5.71 Å². The van der Waals surface area contributed by atoms with E-state index in [4.69, 9.17) is 28.6 Å². The van der Waals surface area contributed by atoms with Gasteiger partial charge in [0.2, 0.25) is 0 Å². The highest BCUT2D eigenvalue weighted by atomic mass is 35.5. The number of hydrogen-bond donors (Lipinski definition) is 1. The van der Waals surface area contributed by atoms with Crippen molar-refractivity contribution < 1.29 is 0 Å². The molecule has 3 rings (SSSR count). The zero-order valence-corrected chi connectivity index (χ0v) is 9.70. The molecule has 2 fully saturated rings. The first-order chi connectivity index (χ1) is 7.12. The van der Waals surface area contributed by atoms with Crippen molar-refractivity contribution in [1.82, 2.24) is 0 Å².